The molecule has 132 valence electrons. The molecular formula is C19H28N2O3. The molecule has 1 saturated heterocycles. The molecule has 24 heavy (non-hydrogen) atoms. The van der Waals surface area contributed by atoms with Gasteiger partial charge in [0.15, 0.2) is 0 Å². The van der Waals surface area contributed by atoms with Crippen LogP contribution in [0.25, 0.3) is 0 Å². The second-order valence-electron chi connectivity index (χ2n) is 7.30. The van der Waals surface area contributed by atoms with Gasteiger partial charge >= 0.3 is 0 Å². The van der Waals surface area contributed by atoms with E-state index in [4.69, 9.17) is 4.74 Å². The number of hydrogen-bond donors (Lipinski definition) is 0. The summed E-state index contributed by atoms with van der Waals surface area (Å²) in [4.78, 5) is 26.6. The van der Waals surface area contributed by atoms with Gasteiger partial charge in [0.25, 0.3) is 5.56 Å². The molecule has 2 fully saturated rings. The van der Waals surface area contributed by atoms with E-state index in [0.717, 1.165) is 44.5 Å². The first-order chi connectivity index (χ1) is 11.6. The first-order valence-electron chi connectivity index (χ1n) is 9.03. The van der Waals surface area contributed by atoms with Crippen LogP contribution in [0.5, 0.6) is 0 Å². The molecule has 1 aromatic rings. The summed E-state index contributed by atoms with van der Waals surface area (Å²) in [5.41, 5.74) is 1.02. The number of hydrogen-bond acceptors (Lipinski definition) is 3. The van der Waals surface area contributed by atoms with Crippen LogP contribution in [0.1, 0.15) is 44.2 Å². The van der Waals surface area contributed by atoms with Gasteiger partial charge in [-0.2, -0.15) is 0 Å². The number of ether oxygens (including phenoxy) is 1. The molecule has 2 atom stereocenters. The van der Waals surface area contributed by atoms with Crippen LogP contribution in [0.3, 0.4) is 0 Å². The molecule has 2 aliphatic rings. The van der Waals surface area contributed by atoms with Gasteiger partial charge in [-0.05, 0) is 38.7 Å². The van der Waals surface area contributed by atoms with Crippen molar-refractivity contribution >= 4 is 5.91 Å². The summed E-state index contributed by atoms with van der Waals surface area (Å²) in [5, 5.41) is 0. The standard InChI is InChI=1S/C19H28N2O3/c1-15-6-3-8-18(23)21(15)13-9-17(22)20-12-5-11-19(14-20)10-4-7-16(19)24-2/h3,6,8,16H,4-5,7,9-14H2,1-2H3/t16-,19+/m1/s1. The molecule has 2 heterocycles. The lowest BCUT2D eigenvalue weighted by Crippen LogP contribution is -2.50. The van der Waals surface area contributed by atoms with E-state index in [2.05, 4.69) is 0 Å². The Bertz CT molecular complexity index is 654. The number of aryl methyl sites for hydroxylation is 1. The molecule has 1 saturated carbocycles. The van der Waals surface area contributed by atoms with Crippen molar-refractivity contribution in [2.45, 2.75) is 58.1 Å². The monoisotopic (exact) mass is 332 g/mol. The van der Waals surface area contributed by atoms with Crippen LogP contribution in [0, 0.1) is 12.3 Å². The van der Waals surface area contributed by atoms with Gasteiger partial charge in [-0.1, -0.05) is 12.5 Å². The Kier molecular flexibility index (Phi) is 5.09. The number of methoxy groups -OCH3 is 1. The lowest BCUT2D eigenvalue weighted by molar-refractivity contribution is -0.137. The highest BCUT2D eigenvalue weighted by atomic mass is 16.5. The van der Waals surface area contributed by atoms with Gasteiger partial charge in [0.05, 0.1) is 6.10 Å². The summed E-state index contributed by atoms with van der Waals surface area (Å²) >= 11 is 0. The molecule has 0 radical (unpaired) electrons. The van der Waals surface area contributed by atoms with Gasteiger partial charge in [0.1, 0.15) is 0 Å². The van der Waals surface area contributed by atoms with Crippen molar-refractivity contribution < 1.29 is 9.53 Å². The highest BCUT2D eigenvalue weighted by Crippen LogP contribution is 2.46. The zero-order chi connectivity index (χ0) is 17.2. The predicted octanol–water partition coefficient (Wildman–Crippen LogP) is 2.35. The van der Waals surface area contributed by atoms with Gasteiger partial charge < -0.3 is 14.2 Å². The zero-order valence-corrected chi connectivity index (χ0v) is 14.8. The molecule has 0 unspecified atom stereocenters. The topological polar surface area (TPSA) is 51.5 Å². The van der Waals surface area contributed by atoms with Gasteiger partial charge in [-0.15, -0.1) is 0 Å². The lowest BCUT2D eigenvalue weighted by atomic mass is 9.76. The normalized spacial score (nSPS) is 26.9. The molecule has 0 bridgehead atoms. The SMILES string of the molecule is CO[C@@H]1CCC[C@@]12CCCN(C(=O)CCn1c(C)cccc1=O)C2. The second kappa shape index (κ2) is 7.09. The zero-order valence-electron chi connectivity index (χ0n) is 14.8. The highest BCUT2D eigenvalue weighted by molar-refractivity contribution is 5.76. The van der Waals surface area contributed by atoms with Crippen LogP contribution in [0.2, 0.25) is 0 Å². The third-order valence-corrected chi connectivity index (χ3v) is 5.89. The Morgan fingerprint density at radius 1 is 1.33 bits per heavy atom. The Labute approximate surface area is 143 Å². The van der Waals surface area contributed by atoms with Crippen molar-refractivity contribution in [1.29, 1.82) is 0 Å². The van der Waals surface area contributed by atoms with Crippen molar-refractivity contribution in [2.75, 3.05) is 20.2 Å². The molecule has 5 heteroatoms. The minimum Gasteiger partial charge on any atom is -0.381 e. The fourth-order valence-corrected chi connectivity index (χ4v) is 4.59. The Morgan fingerprint density at radius 2 is 2.12 bits per heavy atom. The molecule has 3 rings (SSSR count). The van der Waals surface area contributed by atoms with Crippen LogP contribution in [0.15, 0.2) is 23.0 Å². The van der Waals surface area contributed by atoms with Crippen LogP contribution < -0.4 is 5.56 Å². The Hall–Kier alpha value is -1.62. The third kappa shape index (κ3) is 3.27. The van der Waals surface area contributed by atoms with Gasteiger partial charge in [-0.3, -0.25) is 9.59 Å². The fourth-order valence-electron chi connectivity index (χ4n) is 4.59. The summed E-state index contributed by atoms with van der Waals surface area (Å²) in [7, 11) is 1.79. The van der Waals surface area contributed by atoms with Crippen LogP contribution in [-0.4, -0.2) is 41.7 Å². The maximum absolute atomic E-state index is 12.7. The molecule has 1 amide bonds. The number of carbonyl (C=O) groups is 1. The molecule has 0 N–H and O–H groups in total. The molecule has 1 aliphatic carbocycles. The Balaban J connectivity index is 1.64. The van der Waals surface area contributed by atoms with E-state index >= 15 is 0 Å². The fraction of sp³-hybridized carbons (Fsp3) is 0.684. The van der Waals surface area contributed by atoms with Crippen molar-refractivity contribution in [1.82, 2.24) is 9.47 Å². The average molecular weight is 332 g/mol. The maximum Gasteiger partial charge on any atom is 0.250 e. The van der Waals surface area contributed by atoms with Crippen molar-refractivity contribution in [3.63, 3.8) is 0 Å². The number of nitrogens with zero attached hydrogens (tertiary/aromatic N) is 2. The summed E-state index contributed by atoms with van der Waals surface area (Å²) in [6.07, 6.45) is 6.34. The summed E-state index contributed by atoms with van der Waals surface area (Å²) < 4.78 is 7.40. The van der Waals surface area contributed by atoms with Crippen LogP contribution in [-0.2, 0) is 16.1 Å². The lowest BCUT2D eigenvalue weighted by Gasteiger charge is -2.43. The quantitative estimate of drug-likeness (QED) is 0.850. The highest BCUT2D eigenvalue weighted by Gasteiger charge is 2.46. The number of carbonyl (C=O) groups excluding carboxylic acids is 1. The molecule has 1 aliphatic heterocycles. The second-order valence-corrected chi connectivity index (χ2v) is 7.30. The molecule has 5 nitrogen and oxygen atoms in total. The average Bonchev–Trinajstić information content (AvgIpc) is 2.96. The molecular weight excluding hydrogens is 304 g/mol. The minimum atomic E-state index is -0.0341. The van der Waals surface area contributed by atoms with E-state index in [-0.39, 0.29) is 23.0 Å². The van der Waals surface area contributed by atoms with Gasteiger partial charge in [-0.25, -0.2) is 0 Å². The van der Waals surface area contributed by atoms with E-state index < -0.39 is 0 Å². The predicted molar refractivity (Wildman–Crippen MR) is 93.0 cm³/mol. The molecule has 1 aromatic heterocycles. The van der Waals surface area contributed by atoms with Crippen molar-refractivity contribution in [3.8, 4) is 0 Å². The van der Waals surface area contributed by atoms with E-state index in [9.17, 15) is 9.59 Å². The number of rotatable bonds is 4. The van der Waals surface area contributed by atoms with Crippen LogP contribution in [0.4, 0.5) is 0 Å². The largest absolute Gasteiger partial charge is 0.381 e. The Morgan fingerprint density at radius 3 is 2.88 bits per heavy atom. The number of piperidine rings is 1. The third-order valence-electron chi connectivity index (χ3n) is 5.89. The van der Waals surface area contributed by atoms with Crippen molar-refractivity contribution in [3.05, 3.63) is 34.2 Å². The van der Waals surface area contributed by atoms with Gasteiger partial charge in [0, 0.05) is 50.3 Å². The van der Waals surface area contributed by atoms with E-state index in [1.807, 2.05) is 17.9 Å². The summed E-state index contributed by atoms with van der Waals surface area (Å²) in [5.74, 6) is 0.158. The summed E-state index contributed by atoms with van der Waals surface area (Å²) in [6, 6.07) is 5.22. The first-order valence-corrected chi connectivity index (χ1v) is 9.03. The maximum atomic E-state index is 12.7. The smallest absolute Gasteiger partial charge is 0.250 e. The number of aromatic nitrogens is 1. The summed E-state index contributed by atoms with van der Waals surface area (Å²) in [6.45, 7) is 4.01. The van der Waals surface area contributed by atoms with Crippen LogP contribution >= 0.6 is 0 Å². The van der Waals surface area contributed by atoms with E-state index in [1.54, 1.807) is 23.8 Å². The first kappa shape index (κ1) is 17.2. The minimum absolute atomic E-state index is 0.0341. The van der Waals surface area contributed by atoms with E-state index in [0.29, 0.717) is 13.0 Å². The number of pyridine rings is 1. The molecule has 0 aromatic carbocycles. The number of likely N-dealkylation sites (tertiary alicyclic amines) is 1. The molecule has 1 spiro atoms. The van der Waals surface area contributed by atoms with Crippen molar-refractivity contribution in [2.24, 2.45) is 5.41 Å². The van der Waals surface area contributed by atoms with E-state index in [1.165, 1.54) is 6.42 Å². The van der Waals surface area contributed by atoms with Gasteiger partial charge in [0.2, 0.25) is 5.91 Å². The number of amides is 1.